The molecule has 0 aliphatic rings. The predicted molar refractivity (Wildman–Crippen MR) is 98.0 cm³/mol. The maximum absolute atomic E-state index is 12.3. The fourth-order valence-corrected chi connectivity index (χ4v) is 3.83. The number of hydrogen-bond acceptors (Lipinski definition) is 5. The molecule has 3 rings (SSSR count). The van der Waals surface area contributed by atoms with E-state index < -0.39 is 5.97 Å². The van der Waals surface area contributed by atoms with E-state index in [1.807, 2.05) is 41.8 Å². The Hall–Kier alpha value is -2.44. The van der Waals surface area contributed by atoms with Crippen LogP contribution >= 0.6 is 22.7 Å². The average molecular weight is 357 g/mol. The van der Waals surface area contributed by atoms with Crippen molar-refractivity contribution in [1.82, 2.24) is 0 Å². The minimum atomic E-state index is -0.433. The summed E-state index contributed by atoms with van der Waals surface area (Å²) in [5, 5.41) is 5.18. The number of carbonyl (C=O) groups excluding carboxylic acids is 2. The Labute approximate surface area is 147 Å². The molecule has 122 valence electrons. The number of ether oxygens (including phenoxy) is 1. The number of benzene rings is 1. The van der Waals surface area contributed by atoms with Crippen molar-refractivity contribution >= 4 is 39.6 Å². The molecule has 3 aromatic rings. The summed E-state index contributed by atoms with van der Waals surface area (Å²) in [6.07, 6.45) is 0. The van der Waals surface area contributed by atoms with Gasteiger partial charge in [0, 0.05) is 4.88 Å². The first kappa shape index (κ1) is 16.4. The summed E-state index contributed by atoms with van der Waals surface area (Å²) >= 11 is 2.72. The molecule has 0 atom stereocenters. The molecule has 0 aliphatic carbocycles. The van der Waals surface area contributed by atoms with Crippen molar-refractivity contribution in [2.75, 3.05) is 11.9 Å². The van der Waals surface area contributed by atoms with Gasteiger partial charge in [0.15, 0.2) is 0 Å². The number of rotatable bonds is 5. The highest BCUT2D eigenvalue weighted by atomic mass is 32.1. The summed E-state index contributed by atoms with van der Waals surface area (Å²) in [4.78, 5) is 26.0. The van der Waals surface area contributed by atoms with Crippen LogP contribution in [0.4, 0.5) is 5.00 Å². The zero-order valence-corrected chi connectivity index (χ0v) is 14.6. The van der Waals surface area contributed by atoms with E-state index in [4.69, 9.17) is 4.74 Å². The molecule has 0 fully saturated rings. The quantitative estimate of drug-likeness (QED) is 0.660. The van der Waals surface area contributed by atoms with E-state index in [1.165, 1.54) is 22.7 Å². The van der Waals surface area contributed by atoms with Crippen LogP contribution in [0.25, 0.3) is 10.4 Å². The number of hydrogen-bond donors (Lipinski definition) is 1. The molecule has 1 amide bonds. The molecule has 0 saturated carbocycles. The molecular weight excluding hydrogens is 342 g/mol. The minimum absolute atomic E-state index is 0.225. The van der Waals surface area contributed by atoms with Crippen LogP contribution in [-0.2, 0) is 4.74 Å². The smallest absolute Gasteiger partial charge is 0.341 e. The lowest BCUT2D eigenvalue weighted by Crippen LogP contribution is -2.13. The highest BCUT2D eigenvalue weighted by molar-refractivity contribution is 7.20. The van der Waals surface area contributed by atoms with Crippen LogP contribution in [-0.4, -0.2) is 18.5 Å². The molecule has 0 spiro atoms. The normalized spacial score (nSPS) is 10.4. The van der Waals surface area contributed by atoms with Gasteiger partial charge >= 0.3 is 5.97 Å². The Kier molecular flexibility index (Phi) is 5.08. The summed E-state index contributed by atoms with van der Waals surface area (Å²) in [6, 6.07) is 15.1. The molecule has 4 nitrogen and oxygen atoms in total. The lowest BCUT2D eigenvalue weighted by molar-refractivity contribution is 0.0528. The topological polar surface area (TPSA) is 55.4 Å². The van der Waals surface area contributed by atoms with Crippen molar-refractivity contribution in [2.45, 2.75) is 6.92 Å². The van der Waals surface area contributed by atoms with E-state index in [9.17, 15) is 9.59 Å². The van der Waals surface area contributed by atoms with Crippen LogP contribution in [0.3, 0.4) is 0 Å². The van der Waals surface area contributed by atoms with Crippen LogP contribution < -0.4 is 5.32 Å². The minimum Gasteiger partial charge on any atom is -0.462 e. The zero-order chi connectivity index (χ0) is 16.9. The molecule has 0 aliphatic heterocycles. The van der Waals surface area contributed by atoms with Gasteiger partial charge in [-0.05, 0) is 30.0 Å². The average Bonchev–Trinajstić information content (AvgIpc) is 3.26. The van der Waals surface area contributed by atoms with Gasteiger partial charge < -0.3 is 10.1 Å². The predicted octanol–water partition coefficient (Wildman–Crippen LogP) is 4.91. The monoisotopic (exact) mass is 357 g/mol. The third-order valence-electron chi connectivity index (χ3n) is 3.26. The first-order chi connectivity index (χ1) is 11.7. The number of amides is 1. The standard InChI is InChI=1S/C18H15NO3S2/c1-2-22-18(21)13-11-15(12-7-4-3-5-8-12)24-17(13)19-16(20)14-9-6-10-23-14/h3-11H,2H2,1H3,(H,19,20). The van der Waals surface area contributed by atoms with Crippen LogP contribution in [0.5, 0.6) is 0 Å². The van der Waals surface area contributed by atoms with E-state index in [1.54, 1.807) is 19.1 Å². The molecule has 0 unspecified atom stereocenters. The number of nitrogens with one attached hydrogen (secondary N) is 1. The molecule has 2 heterocycles. The molecule has 2 aromatic heterocycles. The number of esters is 1. The van der Waals surface area contributed by atoms with Crippen molar-refractivity contribution in [1.29, 1.82) is 0 Å². The SMILES string of the molecule is CCOC(=O)c1cc(-c2ccccc2)sc1NC(=O)c1cccs1. The maximum atomic E-state index is 12.3. The Morgan fingerprint density at radius 1 is 1.12 bits per heavy atom. The van der Waals surface area contributed by atoms with Crippen LogP contribution in [0.1, 0.15) is 27.0 Å². The first-order valence-corrected chi connectivity index (χ1v) is 9.10. The third kappa shape index (κ3) is 3.55. The van der Waals surface area contributed by atoms with Crippen molar-refractivity contribution in [3.63, 3.8) is 0 Å². The molecule has 24 heavy (non-hydrogen) atoms. The largest absolute Gasteiger partial charge is 0.462 e. The summed E-state index contributed by atoms with van der Waals surface area (Å²) < 4.78 is 5.11. The second-order valence-corrected chi connectivity index (χ2v) is 6.87. The Morgan fingerprint density at radius 3 is 2.58 bits per heavy atom. The van der Waals surface area contributed by atoms with Gasteiger partial charge in [-0.2, -0.15) is 0 Å². The summed E-state index contributed by atoms with van der Waals surface area (Å²) in [7, 11) is 0. The van der Waals surface area contributed by atoms with Gasteiger partial charge in [0.2, 0.25) is 0 Å². The lowest BCUT2D eigenvalue weighted by Gasteiger charge is -2.04. The van der Waals surface area contributed by atoms with E-state index in [-0.39, 0.29) is 12.5 Å². The molecule has 0 saturated heterocycles. The van der Waals surface area contributed by atoms with Crippen molar-refractivity contribution in [2.24, 2.45) is 0 Å². The van der Waals surface area contributed by atoms with Gasteiger partial charge in [0.25, 0.3) is 5.91 Å². The maximum Gasteiger partial charge on any atom is 0.341 e. The molecule has 6 heteroatoms. The molecular formula is C18H15NO3S2. The Balaban J connectivity index is 1.95. The van der Waals surface area contributed by atoms with E-state index in [0.29, 0.717) is 15.4 Å². The van der Waals surface area contributed by atoms with Gasteiger partial charge in [-0.25, -0.2) is 4.79 Å². The van der Waals surface area contributed by atoms with E-state index in [0.717, 1.165) is 10.4 Å². The van der Waals surface area contributed by atoms with Gasteiger partial charge in [-0.15, -0.1) is 22.7 Å². The number of anilines is 1. The molecule has 1 aromatic carbocycles. The van der Waals surface area contributed by atoms with E-state index in [2.05, 4.69) is 5.32 Å². The fourth-order valence-electron chi connectivity index (χ4n) is 2.16. The van der Waals surface area contributed by atoms with Gasteiger partial charge in [-0.3, -0.25) is 4.79 Å². The van der Waals surface area contributed by atoms with Crippen LogP contribution in [0, 0.1) is 0 Å². The lowest BCUT2D eigenvalue weighted by atomic mass is 10.1. The fraction of sp³-hybridized carbons (Fsp3) is 0.111. The molecule has 0 bridgehead atoms. The van der Waals surface area contributed by atoms with Gasteiger partial charge in [0.05, 0.1) is 17.0 Å². The highest BCUT2D eigenvalue weighted by Crippen LogP contribution is 2.36. The molecule has 0 radical (unpaired) electrons. The summed E-state index contributed by atoms with van der Waals surface area (Å²) in [5.41, 5.74) is 1.37. The van der Waals surface area contributed by atoms with Crippen molar-refractivity contribution < 1.29 is 14.3 Å². The first-order valence-electron chi connectivity index (χ1n) is 7.40. The Morgan fingerprint density at radius 2 is 1.92 bits per heavy atom. The number of carbonyl (C=O) groups is 2. The van der Waals surface area contributed by atoms with Crippen LogP contribution in [0.15, 0.2) is 53.9 Å². The van der Waals surface area contributed by atoms with Crippen molar-refractivity contribution in [3.8, 4) is 10.4 Å². The zero-order valence-electron chi connectivity index (χ0n) is 12.9. The van der Waals surface area contributed by atoms with E-state index >= 15 is 0 Å². The molecule has 1 N–H and O–H groups in total. The second-order valence-electron chi connectivity index (χ2n) is 4.87. The second kappa shape index (κ2) is 7.42. The summed E-state index contributed by atoms with van der Waals surface area (Å²) in [6.45, 7) is 2.04. The summed E-state index contributed by atoms with van der Waals surface area (Å²) in [5.74, 6) is -0.658. The Bertz CT molecular complexity index is 839. The number of thiophene rings is 2. The van der Waals surface area contributed by atoms with Crippen molar-refractivity contribution in [3.05, 3.63) is 64.4 Å². The van der Waals surface area contributed by atoms with Gasteiger partial charge in [0.1, 0.15) is 5.00 Å². The third-order valence-corrected chi connectivity index (χ3v) is 5.23. The van der Waals surface area contributed by atoms with Crippen LogP contribution in [0.2, 0.25) is 0 Å². The highest BCUT2D eigenvalue weighted by Gasteiger charge is 2.20. The van der Waals surface area contributed by atoms with Gasteiger partial charge in [-0.1, -0.05) is 36.4 Å².